The molecule has 6 heteroatoms. The molecule has 106 valence electrons. The average Bonchev–Trinajstić information content (AvgIpc) is 3.04. The van der Waals surface area contributed by atoms with Crippen LogP contribution < -0.4 is 4.74 Å². The van der Waals surface area contributed by atoms with Crippen molar-refractivity contribution in [2.24, 2.45) is 0 Å². The number of aliphatic hydroxyl groups excluding tert-OH is 1. The van der Waals surface area contributed by atoms with Gasteiger partial charge >= 0.3 is 0 Å². The Morgan fingerprint density at radius 1 is 1.10 bits per heavy atom. The summed E-state index contributed by atoms with van der Waals surface area (Å²) in [4.78, 5) is 4.10. The number of rotatable bonds is 4. The Morgan fingerprint density at radius 3 is 2.57 bits per heavy atom. The van der Waals surface area contributed by atoms with E-state index < -0.39 is 6.10 Å². The van der Waals surface area contributed by atoms with Gasteiger partial charge in [0.05, 0.1) is 24.7 Å². The lowest BCUT2D eigenvalue weighted by Gasteiger charge is -2.12. The van der Waals surface area contributed by atoms with Crippen molar-refractivity contribution in [3.8, 4) is 11.6 Å². The highest BCUT2D eigenvalue weighted by Crippen LogP contribution is 2.23. The summed E-state index contributed by atoms with van der Waals surface area (Å²) in [6.45, 7) is 0. The van der Waals surface area contributed by atoms with Gasteiger partial charge in [-0.3, -0.25) is 0 Å². The lowest BCUT2D eigenvalue weighted by molar-refractivity contribution is 0.211. The number of ether oxygens (including phenoxy) is 1. The second kappa shape index (κ2) is 5.72. The summed E-state index contributed by atoms with van der Waals surface area (Å²) in [7, 11) is 1.55. The summed E-state index contributed by atoms with van der Waals surface area (Å²) in [6.07, 6.45) is 2.26. The molecule has 3 rings (SSSR count). The molecule has 6 nitrogen and oxygen atoms in total. The fourth-order valence-corrected chi connectivity index (χ4v) is 2.04. The number of para-hydroxylation sites is 1. The van der Waals surface area contributed by atoms with Crippen LogP contribution in [0, 0.1) is 0 Å². The van der Waals surface area contributed by atoms with E-state index in [1.807, 2.05) is 30.3 Å². The van der Waals surface area contributed by atoms with E-state index in [0.717, 1.165) is 5.69 Å². The highest BCUT2D eigenvalue weighted by Gasteiger charge is 2.17. The van der Waals surface area contributed by atoms with Crippen molar-refractivity contribution >= 4 is 0 Å². The number of aliphatic hydroxyl groups is 1. The van der Waals surface area contributed by atoms with Crippen molar-refractivity contribution < 1.29 is 9.84 Å². The third-order valence-corrected chi connectivity index (χ3v) is 3.14. The lowest BCUT2D eigenvalue weighted by Crippen LogP contribution is -2.09. The van der Waals surface area contributed by atoms with Crippen LogP contribution in [-0.2, 0) is 0 Å². The van der Waals surface area contributed by atoms with Crippen LogP contribution in [0.1, 0.15) is 17.4 Å². The molecule has 0 spiro atoms. The summed E-state index contributed by atoms with van der Waals surface area (Å²) >= 11 is 0. The zero-order valence-electron chi connectivity index (χ0n) is 11.4. The maximum absolute atomic E-state index is 10.5. The van der Waals surface area contributed by atoms with Crippen molar-refractivity contribution in [1.82, 2.24) is 20.0 Å². The molecule has 1 N–H and O–H groups in total. The van der Waals surface area contributed by atoms with Crippen molar-refractivity contribution in [2.45, 2.75) is 6.10 Å². The Kier molecular flexibility index (Phi) is 3.61. The summed E-state index contributed by atoms with van der Waals surface area (Å²) < 4.78 is 6.62. The Bertz CT molecular complexity index is 710. The van der Waals surface area contributed by atoms with Gasteiger partial charge in [0.15, 0.2) is 0 Å². The van der Waals surface area contributed by atoms with Gasteiger partial charge in [0.1, 0.15) is 6.10 Å². The van der Waals surface area contributed by atoms with Crippen LogP contribution in [0.5, 0.6) is 5.88 Å². The minimum atomic E-state index is -0.862. The van der Waals surface area contributed by atoms with Gasteiger partial charge in [0.2, 0.25) is 5.88 Å². The molecule has 0 radical (unpaired) electrons. The molecule has 1 unspecified atom stereocenters. The minimum absolute atomic E-state index is 0.501. The number of hydrogen-bond acceptors (Lipinski definition) is 5. The van der Waals surface area contributed by atoms with Crippen LogP contribution in [0.3, 0.4) is 0 Å². The Labute approximate surface area is 121 Å². The van der Waals surface area contributed by atoms with Gasteiger partial charge in [0.25, 0.3) is 0 Å². The van der Waals surface area contributed by atoms with Crippen LogP contribution in [0.25, 0.3) is 5.69 Å². The fourth-order valence-electron chi connectivity index (χ4n) is 2.04. The molecule has 0 amide bonds. The van der Waals surface area contributed by atoms with E-state index in [1.54, 1.807) is 36.3 Å². The monoisotopic (exact) mass is 282 g/mol. The van der Waals surface area contributed by atoms with E-state index >= 15 is 0 Å². The second-order valence-electron chi connectivity index (χ2n) is 4.44. The highest BCUT2D eigenvalue weighted by molar-refractivity contribution is 5.34. The Balaban J connectivity index is 1.95. The van der Waals surface area contributed by atoms with Gasteiger partial charge in [-0.05, 0) is 18.2 Å². The highest BCUT2D eigenvalue weighted by atomic mass is 16.5. The van der Waals surface area contributed by atoms with Crippen LogP contribution in [0.4, 0.5) is 0 Å². The standard InChI is InChI=1S/C15H14N4O2/c1-21-14-8-7-11(9-16-14)15(20)13-10-17-18-19(13)12-5-3-2-4-6-12/h2-10,15,20H,1H3. The van der Waals surface area contributed by atoms with E-state index in [9.17, 15) is 5.11 Å². The van der Waals surface area contributed by atoms with Gasteiger partial charge < -0.3 is 9.84 Å². The topological polar surface area (TPSA) is 73.1 Å². The molecule has 1 atom stereocenters. The van der Waals surface area contributed by atoms with Gasteiger partial charge in [-0.15, -0.1) is 5.10 Å². The van der Waals surface area contributed by atoms with Gasteiger partial charge in [-0.1, -0.05) is 23.4 Å². The van der Waals surface area contributed by atoms with Crippen molar-refractivity contribution in [1.29, 1.82) is 0 Å². The zero-order chi connectivity index (χ0) is 14.7. The summed E-state index contributed by atoms with van der Waals surface area (Å²) in [5.74, 6) is 0.501. The Morgan fingerprint density at radius 2 is 1.90 bits per heavy atom. The lowest BCUT2D eigenvalue weighted by atomic mass is 10.1. The van der Waals surface area contributed by atoms with Crippen LogP contribution in [-0.4, -0.2) is 32.2 Å². The van der Waals surface area contributed by atoms with Crippen LogP contribution in [0.2, 0.25) is 0 Å². The largest absolute Gasteiger partial charge is 0.481 e. The SMILES string of the molecule is COc1ccc(C(O)c2cnnn2-c2ccccc2)cn1. The third kappa shape index (κ3) is 2.61. The molecule has 0 bridgehead atoms. The van der Waals surface area contributed by atoms with E-state index in [2.05, 4.69) is 15.3 Å². The molecule has 21 heavy (non-hydrogen) atoms. The zero-order valence-corrected chi connectivity index (χ0v) is 11.4. The molecule has 0 saturated heterocycles. The first kappa shape index (κ1) is 13.3. The minimum Gasteiger partial charge on any atom is -0.481 e. The molecule has 0 fully saturated rings. The number of pyridine rings is 1. The smallest absolute Gasteiger partial charge is 0.212 e. The van der Waals surface area contributed by atoms with Crippen molar-refractivity contribution in [3.63, 3.8) is 0 Å². The normalized spacial score (nSPS) is 12.1. The second-order valence-corrected chi connectivity index (χ2v) is 4.44. The molecule has 0 saturated carbocycles. The number of benzene rings is 1. The first-order valence-corrected chi connectivity index (χ1v) is 6.43. The fraction of sp³-hybridized carbons (Fsp3) is 0.133. The van der Waals surface area contributed by atoms with E-state index in [0.29, 0.717) is 17.1 Å². The average molecular weight is 282 g/mol. The van der Waals surface area contributed by atoms with Gasteiger partial charge in [-0.25, -0.2) is 9.67 Å². The number of aromatic nitrogens is 4. The first-order valence-electron chi connectivity index (χ1n) is 6.43. The molecule has 2 aromatic heterocycles. The molecule has 0 aliphatic carbocycles. The molecule has 0 aliphatic heterocycles. The predicted molar refractivity (Wildman–Crippen MR) is 76.2 cm³/mol. The summed E-state index contributed by atoms with van der Waals surface area (Å²) in [5, 5.41) is 18.4. The number of nitrogens with zero attached hydrogens (tertiary/aromatic N) is 4. The van der Waals surface area contributed by atoms with Crippen molar-refractivity contribution in [2.75, 3.05) is 7.11 Å². The maximum Gasteiger partial charge on any atom is 0.212 e. The van der Waals surface area contributed by atoms with Crippen LogP contribution in [0.15, 0.2) is 54.9 Å². The molecule has 0 aliphatic rings. The molecule has 2 heterocycles. The summed E-state index contributed by atoms with van der Waals surface area (Å²) in [5.41, 5.74) is 2.06. The van der Waals surface area contributed by atoms with Gasteiger partial charge in [-0.2, -0.15) is 0 Å². The molecule has 1 aromatic carbocycles. The number of hydrogen-bond donors (Lipinski definition) is 1. The third-order valence-electron chi connectivity index (χ3n) is 3.14. The molecular weight excluding hydrogens is 268 g/mol. The van der Waals surface area contributed by atoms with Crippen molar-refractivity contribution in [3.05, 3.63) is 66.1 Å². The predicted octanol–water partition coefficient (Wildman–Crippen LogP) is 1.75. The Hall–Kier alpha value is -2.73. The van der Waals surface area contributed by atoms with Gasteiger partial charge in [0, 0.05) is 17.8 Å². The van der Waals surface area contributed by atoms with E-state index in [1.165, 1.54) is 0 Å². The summed E-state index contributed by atoms with van der Waals surface area (Å²) in [6, 6.07) is 13.0. The van der Waals surface area contributed by atoms with Crippen LogP contribution >= 0.6 is 0 Å². The van der Waals surface area contributed by atoms with E-state index in [4.69, 9.17) is 4.74 Å². The first-order chi connectivity index (χ1) is 10.3. The number of methoxy groups -OCH3 is 1. The quantitative estimate of drug-likeness (QED) is 0.789. The van der Waals surface area contributed by atoms with E-state index in [-0.39, 0.29) is 0 Å². The molecule has 3 aromatic rings. The molecular formula is C15H14N4O2. The maximum atomic E-state index is 10.5.